The molecule has 0 amide bonds. The summed E-state index contributed by atoms with van der Waals surface area (Å²) in [5, 5.41) is 12.3. The lowest BCUT2D eigenvalue weighted by Gasteiger charge is -2.16. The Morgan fingerprint density at radius 1 is 1.19 bits per heavy atom. The predicted octanol–water partition coefficient (Wildman–Crippen LogP) is 2.45. The van der Waals surface area contributed by atoms with E-state index in [0.29, 0.717) is 18.8 Å². The number of anilines is 1. The van der Waals surface area contributed by atoms with Crippen LogP contribution in [0.15, 0.2) is 53.4 Å². The molecule has 1 heterocycles. The number of hydrogen-bond donors (Lipinski definition) is 3. The van der Waals surface area contributed by atoms with Crippen LogP contribution in [0.3, 0.4) is 0 Å². The molecule has 2 aromatic carbocycles. The van der Waals surface area contributed by atoms with Gasteiger partial charge in [-0.25, -0.2) is 17.9 Å². The van der Waals surface area contributed by atoms with Crippen molar-refractivity contribution in [3.05, 3.63) is 59.7 Å². The van der Waals surface area contributed by atoms with E-state index < -0.39 is 16.0 Å². The first-order valence-corrected chi connectivity index (χ1v) is 10.2. The average Bonchev–Trinajstić information content (AvgIpc) is 3.19. The van der Waals surface area contributed by atoms with Gasteiger partial charge in [-0.3, -0.25) is 0 Å². The molecule has 0 saturated carbocycles. The topological polar surface area (TPSA) is 105 Å². The molecule has 8 heteroatoms. The Balaban J connectivity index is 1.82. The van der Waals surface area contributed by atoms with Gasteiger partial charge < -0.3 is 15.2 Å². The number of sulfonamides is 1. The van der Waals surface area contributed by atoms with Crippen molar-refractivity contribution in [2.75, 3.05) is 18.5 Å². The van der Waals surface area contributed by atoms with E-state index in [1.165, 1.54) is 18.2 Å². The predicted molar refractivity (Wildman–Crippen MR) is 101 cm³/mol. The smallest absolute Gasteiger partial charge is 0.335 e. The molecule has 1 saturated heterocycles. The molecule has 0 aliphatic carbocycles. The van der Waals surface area contributed by atoms with Crippen LogP contribution < -0.4 is 10.0 Å². The van der Waals surface area contributed by atoms with E-state index >= 15 is 0 Å². The molecule has 0 aromatic heterocycles. The molecule has 3 rings (SSSR count). The SMILES string of the molecule is O=C(O)c1ccc(NC[C@H]2CCCO2)c(S(=O)(=O)NCc2ccccc2)c1. The van der Waals surface area contributed by atoms with Crippen molar-refractivity contribution in [2.24, 2.45) is 0 Å². The molecule has 1 aliphatic rings. The second-order valence-corrected chi connectivity index (χ2v) is 8.08. The molecule has 3 N–H and O–H groups in total. The summed E-state index contributed by atoms with van der Waals surface area (Å²) in [5.41, 5.74) is 1.08. The third kappa shape index (κ3) is 5.06. The zero-order valence-corrected chi connectivity index (χ0v) is 15.5. The molecule has 1 atom stereocenters. The molecule has 7 nitrogen and oxygen atoms in total. The van der Waals surface area contributed by atoms with Gasteiger partial charge >= 0.3 is 5.97 Å². The Hall–Kier alpha value is -2.42. The maximum Gasteiger partial charge on any atom is 0.335 e. The monoisotopic (exact) mass is 390 g/mol. The number of rotatable bonds is 8. The number of benzene rings is 2. The summed E-state index contributed by atoms with van der Waals surface area (Å²) >= 11 is 0. The minimum absolute atomic E-state index is 0.0250. The van der Waals surface area contributed by atoms with E-state index in [9.17, 15) is 18.3 Å². The highest BCUT2D eigenvalue weighted by molar-refractivity contribution is 7.89. The van der Waals surface area contributed by atoms with Crippen LogP contribution in [0.2, 0.25) is 0 Å². The quantitative estimate of drug-likeness (QED) is 0.640. The van der Waals surface area contributed by atoms with E-state index in [0.717, 1.165) is 18.4 Å². The lowest BCUT2D eigenvalue weighted by atomic mass is 10.2. The highest BCUT2D eigenvalue weighted by Crippen LogP contribution is 2.24. The average molecular weight is 390 g/mol. The zero-order valence-electron chi connectivity index (χ0n) is 14.7. The minimum atomic E-state index is -3.91. The number of carboxylic acid groups (broad SMARTS) is 1. The van der Waals surface area contributed by atoms with Crippen LogP contribution in [0.25, 0.3) is 0 Å². The van der Waals surface area contributed by atoms with Crippen LogP contribution in [0.1, 0.15) is 28.8 Å². The van der Waals surface area contributed by atoms with Crippen molar-refractivity contribution in [3.8, 4) is 0 Å². The number of hydrogen-bond acceptors (Lipinski definition) is 5. The summed E-state index contributed by atoms with van der Waals surface area (Å²) in [5.74, 6) is -1.18. The summed E-state index contributed by atoms with van der Waals surface area (Å²) in [4.78, 5) is 11.2. The van der Waals surface area contributed by atoms with Crippen LogP contribution in [0.5, 0.6) is 0 Å². The summed E-state index contributed by atoms with van der Waals surface area (Å²) in [7, 11) is -3.91. The Bertz CT molecular complexity index is 894. The molecule has 1 fully saturated rings. The fourth-order valence-corrected chi connectivity index (χ4v) is 4.13. The second-order valence-electron chi connectivity index (χ2n) is 6.34. The van der Waals surface area contributed by atoms with Crippen LogP contribution in [-0.4, -0.2) is 38.7 Å². The van der Waals surface area contributed by atoms with Crippen molar-refractivity contribution in [2.45, 2.75) is 30.4 Å². The van der Waals surface area contributed by atoms with Gasteiger partial charge in [-0.1, -0.05) is 30.3 Å². The number of carboxylic acids is 1. The van der Waals surface area contributed by atoms with Gasteiger partial charge in [0.25, 0.3) is 0 Å². The van der Waals surface area contributed by atoms with Gasteiger partial charge in [0.1, 0.15) is 4.90 Å². The van der Waals surface area contributed by atoms with E-state index in [4.69, 9.17) is 4.74 Å². The summed E-state index contributed by atoms with van der Waals surface area (Å²) in [6.45, 7) is 1.29. The lowest BCUT2D eigenvalue weighted by Crippen LogP contribution is -2.26. The molecule has 0 bridgehead atoms. The standard InChI is InChI=1S/C19H22N2O5S/c22-19(23)15-8-9-17(20-13-16-7-4-10-26-16)18(11-15)27(24,25)21-12-14-5-2-1-3-6-14/h1-3,5-6,8-9,11,16,20-21H,4,7,10,12-13H2,(H,22,23)/t16-/m1/s1. The van der Waals surface area contributed by atoms with Gasteiger partial charge in [-0.05, 0) is 36.6 Å². The highest BCUT2D eigenvalue weighted by atomic mass is 32.2. The van der Waals surface area contributed by atoms with Crippen molar-refractivity contribution < 1.29 is 23.1 Å². The van der Waals surface area contributed by atoms with Crippen LogP contribution in [0.4, 0.5) is 5.69 Å². The first kappa shape index (κ1) is 19.3. The van der Waals surface area contributed by atoms with Gasteiger partial charge in [-0.2, -0.15) is 0 Å². The Kier molecular flexibility index (Phi) is 6.10. The van der Waals surface area contributed by atoms with E-state index in [-0.39, 0.29) is 23.1 Å². The molecule has 2 aromatic rings. The van der Waals surface area contributed by atoms with Gasteiger partial charge in [0.15, 0.2) is 0 Å². The normalized spacial score (nSPS) is 17.0. The Morgan fingerprint density at radius 2 is 1.96 bits per heavy atom. The van der Waals surface area contributed by atoms with Crippen molar-refractivity contribution in [3.63, 3.8) is 0 Å². The molecular weight excluding hydrogens is 368 g/mol. The van der Waals surface area contributed by atoms with Gasteiger partial charge in [0.2, 0.25) is 10.0 Å². The van der Waals surface area contributed by atoms with Crippen LogP contribution in [0, 0.1) is 0 Å². The van der Waals surface area contributed by atoms with Gasteiger partial charge in [0, 0.05) is 19.7 Å². The summed E-state index contributed by atoms with van der Waals surface area (Å²) in [6.07, 6.45) is 1.92. The maximum absolute atomic E-state index is 12.8. The molecule has 0 unspecified atom stereocenters. The van der Waals surface area contributed by atoms with E-state index in [2.05, 4.69) is 10.0 Å². The Morgan fingerprint density at radius 3 is 2.63 bits per heavy atom. The van der Waals surface area contributed by atoms with Gasteiger partial charge in [-0.15, -0.1) is 0 Å². The minimum Gasteiger partial charge on any atom is -0.478 e. The number of ether oxygens (including phenoxy) is 1. The third-order valence-electron chi connectivity index (χ3n) is 4.37. The van der Waals surface area contributed by atoms with Crippen molar-refractivity contribution >= 4 is 21.7 Å². The molecule has 0 spiro atoms. The molecule has 144 valence electrons. The van der Waals surface area contributed by atoms with Crippen LogP contribution in [-0.2, 0) is 21.3 Å². The van der Waals surface area contributed by atoms with Crippen LogP contribution >= 0.6 is 0 Å². The third-order valence-corrected chi connectivity index (χ3v) is 5.81. The maximum atomic E-state index is 12.8. The molecule has 0 radical (unpaired) electrons. The molecule has 27 heavy (non-hydrogen) atoms. The Labute approximate surface area is 158 Å². The van der Waals surface area contributed by atoms with E-state index in [1.807, 2.05) is 30.3 Å². The number of nitrogens with one attached hydrogen (secondary N) is 2. The first-order valence-electron chi connectivity index (χ1n) is 8.72. The second kappa shape index (κ2) is 8.51. The number of aromatic carboxylic acids is 1. The van der Waals surface area contributed by atoms with Crippen molar-refractivity contribution in [1.82, 2.24) is 4.72 Å². The number of carbonyl (C=O) groups is 1. The highest BCUT2D eigenvalue weighted by Gasteiger charge is 2.22. The summed E-state index contributed by atoms with van der Waals surface area (Å²) in [6, 6.07) is 13.2. The first-order chi connectivity index (χ1) is 13.0. The molecular formula is C19H22N2O5S. The molecule has 1 aliphatic heterocycles. The van der Waals surface area contributed by atoms with E-state index in [1.54, 1.807) is 0 Å². The largest absolute Gasteiger partial charge is 0.478 e. The van der Waals surface area contributed by atoms with Gasteiger partial charge in [0.05, 0.1) is 17.4 Å². The zero-order chi connectivity index (χ0) is 19.3. The fourth-order valence-electron chi connectivity index (χ4n) is 2.90. The van der Waals surface area contributed by atoms with Crippen molar-refractivity contribution in [1.29, 1.82) is 0 Å². The summed E-state index contributed by atoms with van der Waals surface area (Å²) < 4.78 is 33.7. The lowest BCUT2D eigenvalue weighted by molar-refractivity contribution is 0.0696. The fraction of sp³-hybridized carbons (Fsp3) is 0.316.